The molecule has 1 fully saturated rings. The summed E-state index contributed by atoms with van der Waals surface area (Å²) >= 11 is 4.85. The molecule has 1 aromatic rings. The number of halogens is 1. The number of likely N-dealkylation sites (tertiary alicyclic amines) is 1. The van der Waals surface area contributed by atoms with Gasteiger partial charge in [-0.05, 0) is 25.8 Å². The second kappa shape index (κ2) is 7.11. The van der Waals surface area contributed by atoms with Gasteiger partial charge < -0.3 is 10.5 Å². The molecule has 5 heteroatoms. The van der Waals surface area contributed by atoms with Crippen LogP contribution in [0.15, 0.2) is 18.2 Å². The number of nitrogens with two attached hydrogens (primary N) is 1. The lowest BCUT2D eigenvalue weighted by Crippen LogP contribution is -2.36. The standard InChI is InChI=1S/C15H21FN2OS/c1-2-19-13-5-7-18(8-6-13)10-12-4-3-11(15(17)20)9-14(12)16/h3-4,9,13H,2,5-8,10H2,1H3,(H2,17,20). The number of ether oxygens (including phenoxy) is 1. The van der Waals surface area contributed by atoms with Gasteiger partial charge in [0.2, 0.25) is 0 Å². The van der Waals surface area contributed by atoms with Crippen molar-refractivity contribution in [3.05, 3.63) is 35.1 Å². The molecule has 0 amide bonds. The Labute approximate surface area is 124 Å². The van der Waals surface area contributed by atoms with E-state index in [-0.39, 0.29) is 10.8 Å². The minimum atomic E-state index is -0.234. The van der Waals surface area contributed by atoms with Crippen LogP contribution in [0.1, 0.15) is 30.9 Å². The Morgan fingerprint density at radius 2 is 2.15 bits per heavy atom. The first kappa shape index (κ1) is 15.4. The maximum Gasteiger partial charge on any atom is 0.128 e. The van der Waals surface area contributed by atoms with Crippen molar-refractivity contribution in [2.45, 2.75) is 32.4 Å². The van der Waals surface area contributed by atoms with Crippen molar-refractivity contribution in [1.82, 2.24) is 4.90 Å². The summed E-state index contributed by atoms with van der Waals surface area (Å²) in [6, 6.07) is 4.98. The Hall–Kier alpha value is -1.04. The normalized spacial score (nSPS) is 17.3. The van der Waals surface area contributed by atoms with E-state index in [4.69, 9.17) is 22.7 Å². The van der Waals surface area contributed by atoms with E-state index in [1.807, 2.05) is 6.92 Å². The van der Waals surface area contributed by atoms with Gasteiger partial charge in [0.05, 0.1) is 6.10 Å². The van der Waals surface area contributed by atoms with Crippen LogP contribution in [-0.2, 0) is 11.3 Å². The Balaban J connectivity index is 1.93. The summed E-state index contributed by atoms with van der Waals surface area (Å²) in [5, 5.41) is 0. The van der Waals surface area contributed by atoms with E-state index in [1.165, 1.54) is 6.07 Å². The molecule has 1 aromatic carbocycles. The fourth-order valence-electron chi connectivity index (χ4n) is 2.54. The lowest BCUT2D eigenvalue weighted by atomic mass is 10.1. The van der Waals surface area contributed by atoms with Gasteiger partial charge in [0, 0.05) is 37.4 Å². The highest BCUT2D eigenvalue weighted by Crippen LogP contribution is 2.18. The molecule has 3 nitrogen and oxygen atoms in total. The molecule has 1 aliphatic rings. The zero-order chi connectivity index (χ0) is 14.5. The Morgan fingerprint density at radius 3 is 2.70 bits per heavy atom. The first-order valence-corrected chi connectivity index (χ1v) is 7.43. The molecule has 110 valence electrons. The topological polar surface area (TPSA) is 38.5 Å². The fraction of sp³-hybridized carbons (Fsp3) is 0.533. The molecule has 0 aromatic heterocycles. The fourth-order valence-corrected chi connectivity index (χ4v) is 2.67. The molecule has 2 rings (SSSR count). The Morgan fingerprint density at radius 1 is 1.45 bits per heavy atom. The quantitative estimate of drug-likeness (QED) is 0.847. The van der Waals surface area contributed by atoms with Gasteiger partial charge in [-0.1, -0.05) is 24.4 Å². The van der Waals surface area contributed by atoms with Gasteiger partial charge in [0.1, 0.15) is 10.8 Å². The van der Waals surface area contributed by atoms with Crippen LogP contribution in [0.5, 0.6) is 0 Å². The van der Waals surface area contributed by atoms with Crippen LogP contribution in [0.25, 0.3) is 0 Å². The number of benzene rings is 1. The third kappa shape index (κ3) is 3.98. The average Bonchev–Trinajstić information content (AvgIpc) is 2.43. The number of nitrogens with zero attached hydrogens (tertiary/aromatic N) is 1. The van der Waals surface area contributed by atoms with E-state index < -0.39 is 0 Å². The van der Waals surface area contributed by atoms with Crippen LogP contribution >= 0.6 is 12.2 Å². The van der Waals surface area contributed by atoms with Crippen molar-refractivity contribution in [2.75, 3.05) is 19.7 Å². The van der Waals surface area contributed by atoms with Crippen LogP contribution in [0.3, 0.4) is 0 Å². The molecular weight excluding hydrogens is 275 g/mol. The Bertz CT molecular complexity index is 473. The van der Waals surface area contributed by atoms with Crippen LogP contribution in [0.4, 0.5) is 4.39 Å². The molecule has 0 saturated carbocycles. The van der Waals surface area contributed by atoms with E-state index in [2.05, 4.69) is 4.90 Å². The van der Waals surface area contributed by atoms with Gasteiger partial charge in [0.15, 0.2) is 0 Å². The highest BCUT2D eigenvalue weighted by molar-refractivity contribution is 7.80. The number of rotatable bonds is 5. The molecule has 1 saturated heterocycles. The molecule has 20 heavy (non-hydrogen) atoms. The molecule has 2 N–H and O–H groups in total. The van der Waals surface area contributed by atoms with Crippen molar-refractivity contribution in [3.63, 3.8) is 0 Å². The SMILES string of the molecule is CCOC1CCN(Cc2ccc(C(N)=S)cc2F)CC1. The van der Waals surface area contributed by atoms with Gasteiger partial charge in [-0.2, -0.15) is 0 Å². The van der Waals surface area contributed by atoms with E-state index in [1.54, 1.807) is 12.1 Å². The molecule has 0 spiro atoms. The molecular formula is C15H21FN2OS. The molecule has 0 atom stereocenters. The smallest absolute Gasteiger partial charge is 0.128 e. The van der Waals surface area contributed by atoms with E-state index in [9.17, 15) is 4.39 Å². The van der Waals surface area contributed by atoms with Crippen LogP contribution in [0, 0.1) is 5.82 Å². The summed E-state index contributed by atoms with van der Waals surface area (Å²) < 4.78 is 19.6. The highest BCUT2D eigenvalue weighted by atomic mass is 32.1. The Kier molecular flexibility index (Phi) is 5.46. The predicted molar refractivity (Wildman–Crippen MR) is 82.2 cm³/mol. The van der Waals surface area contributed by atoms with Crippen molar-refractivity contribution in [3.8, 4) is 0 Å². The van der Waals surface area contributed by atoms with E-state index in [0.29, 0.717) is 23.8 Å². The van der Waals surface area contributed by atoms with Crippen molar-refractivity contribution >= 4 is 17.2 Å². The summed E-state index contributed by atoms with van der Waals surface area (Å²) in [6.45, 7) is 5.30. The first-order chi connectivity index (χ1) is 9.60. The number of hydrogen-bond donors (Lipinski definition) is 1. The van der Waals surface area contributed by atoms with Crippen molar-refractivity contribution in [1.29, 1.82) is 0 Å². The van der Waals surface area contributed by atoms with Gasteiger partial charge in [-0.15, -0.1) is 0 Å². The molecule has 0 radical (unpaired) electrons. The van der Waals surface area contributed by atoms with Crippen LogP contribution in [-0.4, -0.2) is 35.7 Å². The molecule has 0 bridgehead atoms. The lowest BCUT2D eigenvalue weighted by Gasteiger charge is -2.31. The van der Waals surface area contributed by atoms with Gasteiger partial charge in [-0.25, -0.2) is 4.39 Å². The second-order valence-corrected chi connectivity index (χ2v) is 5.54. The van der Waals surface area contributed by atoms with Gasteiger partial charge in [-0.3, -0.25) is 4.90 Å². The predicted octanol–water partition coefficient (Wildman–Crippen LogP) is 2.46. The van der Waals surface area contributed by atoms with Crippen molar-refractivity contribution < 1.29 is 9.13 Å². The number of thiocarbonyl (C=S) groups is 1. The molecule has 1 aliphatic heterocycles. The summed E-state index contributed by atoms with van der Waals surface area (Å²) in [6.07, 6.45) is 2.39. The largest absolute Gasteiger partial charge is 0.389 e. The third-order valence-electron chi connectivity index (χ3n) is 3.67. The maximum atomic E-state index is 14.0. The highest BCUT2D eigenvalue weighted by Gasteiger charge is 2.20. The summed E-state index contributed by atoms with van der Waals surface area (Å²) in [5.74, 6) is -0.234. The summed E-state index contributed by atoms with van der Waals surface area (Å²) in [5.41, 5.74) is 6.78. The number of piperidine rings is 1. The molecule has 0 aliphatic carbocycles. The summed E-state index contributed by atoms with van der Waals surface area (Å²) in [4.78, 5) is 2.49. The molecule has 0 unspecified atom stereocenters. The van der Waals surface area contributed by atoms with Gasteiger partial charge >= 0.3 is 0 Å². The van der Waals surface area contributed by atoms with Crippen LogP contribution in [0.2, 0.25) is 0 Å². The third-order valence-corrected chi connectivity index (χ3v) is 3.90. The summed E-state index contributed by atoms with van der Waals surface area (Å²) in [7, 11) is 0. The average molecular weight is 296 g/mol. The van der Waals surface area contributed by atoms with Crippen molar-refractivity contribution in [2.24, 2.45) is 5.73 Å². The minimum Gasteiger partial charge on any atom is -0.389 e. The van der Waals surface area contributed by atoms with E-state index in [0.717, 1.165) is 32.5 Å². The van der Waals surface area contributed by atoms with E-state index >= 15 is 0 Å². The zero-order valence-corrected chi connectivity index (χ0v) is 12.6. The first-order valence-electron chi connectivity index (χ1n) is 7.02. The second-order valence-electron chi connectivity index (χ2n) is 5.10. The lowest BCUT2D eigenvalue weighted by molar-refractivity contribution is 0.0123. The van der Waals surface area contributed by atoms with Crippen LogP contribution < -0.4 is 5.73 Å². The van der Waals surface area contributed by atoms with Gasteiger partial charge in [0.25, 0.3) is 0 Å². The minimum absolute atomic E-state index is 0.230. The maximum absolute atomic E-state index is 14.0. The number of hydrogen-bond acceptors (Lipinski definition) is 3. The monoisotopic (exact) mass is 296 g/mol. The molecule has 1 heterocycles. The zero-order valence-electron chi connectivity index (χ0n) is 11.8.